The number of hydrogen-bond acceptors (Lipinski definition) is 7. The Morgan fingerprint density at radius 3 is 2.82 bits per heavy atom. The second kappa shape index (κ2) is 6.86. The van der Waals surface area contributed by atoms with E-state index in [1.54, 1.807) is 24.3 Å². The number of carbonyl (C=O) groups is 2. The van der Waals surface area contributed by atoms with Crippen molar-refractivity contribution in [2.45, 2.75) is 0 Å². The molecule has 9 heteroatoms. The number of nitrogens with zero attached hydrogens (tertiary/aromatic N) is 2. The van der Waals surface area contributed by atoms with Crippen molar-refractivity contribution in [1.29, 1.82) is 0 Å². The molecule has 0 spiro atoms. The molecule has 0 saturated heterocycles. The lowest BCUT2D eigenvalue weighted by molar-refractivity contribution is -0.112. The number of hydrogen-bond donors (Lipinski definition) is 2. The normalized spacial score (nSPS) is 12.5. The zero-order valence-corrected chi connectivity index (χ0v) is 15.2. The molecule has 4 rings (SSSR count). The second-order valence-electron chi connectivity index (χ2n) is 5.79. The summed E-state index contributed by atoms with van der Waals surface area (Å²) in [4.78, 5) is 32.2. The molecule has 1 aromatic heterocycles. The Kier molecular flexibility index (Phi) is 4.36. The summed E-state index contributed by atoms with van der Waals surface area (Å²) in [6.45, 7) is 0. The number of rotatable bonds is 4. The van der Waals surface area contributed by atoms with Gasteiger partial charge in [-0.05, 0) is 30.3 Å². The predicted molar refractivity (Wildman–Crippen MR) is 99.5 cm³/mol. The SMILES string of the molecule is COC(=O)c1ccccc1Nc1nc(O)c(C2=c3cc(F)ccc3=NC2=O)s1. The second-order valence-corrected chi connectivity index (χ2v) is 6.79. The average Bonchev–Trinajstić information content (AvgIpc) is 3.19. The van der Waals surface area contributed by atoms with Gasteiger partial charge in [0.05, 0.1) is 29.3 Å². The minimum Gasteiger partial charge on any atom is -0.492 e. The van der Waals surface area contributed by atoms with Crippen molar-refractivity contribution in [2.24, 2.45) is 4.99 Å². The molecule has 0 unspecified atom stereocenters. The molecule has 140 valence electrons. The first kappa shape index (κ1) is 17.8. The average molecular weight is 397 g/mol. The van der Waals surface area contributed by atoms with Gasteiger partial charge in [0, 0.05) is 5.22 Å². The lowest BCUT2D eigenvalue weighted by Crippen LogP contribution is -2.23. The van der Waals surface area contributed by atoms with Crippen molar-refractivity contribution >= 4 is 39.6 Å². The van der Waals surface area contributed by atoms with Gasteiger partial charge in [0.15, 0.2) is 5.13 Å². The first-order valence-electron chi connectivity index (χ1n) is 8.05. The van der Waals surface area contributed by atoms with Crippen LogP contribution in [0.3, 0.4) is 0 Å². The number of fused-ring (bicyclic) bond motifs is 1. The van der Waals surface area contributed by atoms with E-state index >= 15 is 0 Å². The highest BCUT2D eigenvalue weighted by molar-refractivity contribution is 7.17. The van der Waals surface area contributed by atoms with Crippen LogP contribution < -0.4 is 15.9 Å². The number of anilines is 2. The Hall–Kier alpha value is -3.59. The minimum absolute atomic E-state index is 0.0822. The number of para-hydroxylation sites is 1. The molecular weight excluding hydrogens is 385 g/mol. The summed E-state index contributed by atoms with van der Waals surface area (Å²) in [5.74, 6) is -2.03. The Bertz CT molecular complexity index is 1250. The van der Waals surface area contributed by atoms with E-state index in [0.717, 1.165) is 11.3 Å². The number of halogens is 1. The molecule has 28 heavy (non-hydrogen) atoms. The summed E-state index contributed by atoms with van der Waals surface area (Å²) in [6.07, 6.45) is 0. The van der Waals surface area contributed by atoms with Crippen molar-refractivity contribution < 1.29 is 23.8 Å². The van der Waals surface area contributed by atoms with Gasteiger partial charge in [-0.1, -0.05) is 23.5 Å². The Morgan fingerprint density at radius 1 is 1.25 bits per heavy atom. The van der Waals surface area contributed by atoms with Gasteiger partial charge < -0.3 is 15.2 Å². The number of ether oxygens (including phenoxy) is 1. The molecule has 0 fully saturated rings. The number of aromatic hydroxyl groups is 1. The molecule has 0 saturated carbocycles. The maximum atomic E-state index is 13.6. The summed E-state index contributed by atoms with van der Waals surface area (Å²) >= 11 is 0.988. The predicted octanol–water partition coefficient (Wildman–Crippen LogP) is 1.88. The van der Waals surface area contributed by atoms with Gasteiger partial charge in [0.25, 0.3) is 5.91 Å². The lowest BCUT2D eigenvalue weighted by Gasteiger charge is -2.07. The van der Waals surface area contributed by atoms with E-state index in [-0.39, 0.29) is 21.1 Å². The topological polar surface area (TPSA) is 101 Å². The molecule has 1 amide bonds. The van der Waals surface area contributed by atoms with Gasteiger partial charge in [-0.2, -0.15) is 4.98 Å². The van der Waals surface area contributed by atoms with Gasteiger partial charge in [0.2, 0.25) is 5.88 Å². The van der Waals surface area contributed by atoms with Gasteiger partial charge >= 0.3 is 5.97 Å². The standard InChI is InChI=1S/C19H12FN3O4S/c1-27-18(26)10-4-2-3-5-12(10)22-19-23-17(25)15(28-19)14-11-8-9(20)6-7-13(11)21-16(14)24/h2-8,25H,1H3,(H,22,23). The number of methoxy groups -OCH3 is 1. The van der Waals surface area contributed by atoms with E-state index < -0.39 is 23.6 Å². The van der Waals surface area contributed by atoms with Crippen LogP contribution in [-0.2, 0) is 9.53 Å². The molecule has 2 heterocycles. The van der Waals surface area contributed by atoms with Crippen LogP contribution in [0.25, 0.3) is 5.57 Å². The highest BCUT2D eigenvalue weighted by Gasteiger charge is 2.25. The fourth-order valence-electron chi connectivity index (χ4n) is 2.83. The fourth-order valence-corrected chi connectivity index (χ4v) is 3.75. The molecular formula is C19H12FN3O4S. The first-order chi connectivity index (χ1) is 13.5. The monoisotopic (exact) mass is 397 g/mol. The number of amides is 1. The van der Waals surface area contributed by atoms with Crippen LogP contribution in [0.5, 0.6) is 5.88 Å². The third-order valence-corrected chi connectivity index (χ3v) is 5.05. The summed E-state index contributed by atoms with van der Waals surface area (Å²) in [7, 11) is 1.27. The van der Waals surface area contributed by atoms with Gasteiger partial charge in [-0.3, -0.25) is 4.79 Å². The Balaban J connectivity index is 1.78. The maximum absolute atomic E-state index is 13.6. The zero-order valence-electron chi connectivity index (χ0n) is 14.4. The molecule has 2 N–H and O–H groups in total. The van der Waals surface area contributed by atoms with Gasteiger partial charge in [0.1, 0.15) is 10.7 Å². The van der Waals surface area contributed by atoms with E-state index in [0.29, 0.717) is 16.3 Å². The van der Waals surface area contributed by atoms with Crippen LogP contribution in [0.1, 0.15) is 15.2 Å². The highest BCUT2D eigenvalue weighted by atomic mass is 32.1. The molecule has 0 atom stereocenters. The summed E-state index contributed by atoms with van der Waals surface area (Å²) in [6, 6.07) is 10.4. The van der Waals surface area contributed by atoms with Gasteiger partial charge in [-0.25, -0.2) is 14.2 Å². The van der Waals surface area contributed by atoms with Crippen LogP contribution in [-0.4, -0.2) is 29.1 Å². The minimum atomic E-state index is -0.582. The van der Waals surface area contributed by atoms with E-state index in [9.17, 15) is 19.1 Å². The lowest BCUT2D eigenvalue weighted by atomic mass is 10.1. The molecule has 1 aliphatic rings. The Labute approximate surface area is 161 Å². The van der Waals surface area contributed by atoms with E-state index in [1.165, 1.54) is 25.3 Å². The van der Waals surface area contributed by atoms with Crippen LogP contribution in [0, 0.1) is 5.82 Å². The molecule has 3 aromatic rings. The van der Waals surface area contributed by atoms with Crippen molar-refractivity contribution in [3.8, 4) is 5.88 Å². The van der Waals surface area contributed by atoms with Crippen LogP contribution >= 0.6 is 11.3 Å². The van der Waals surface area contributed by atoms with E-state index in [4.69, 9.17) is 4.74 Å². The first-order valence-corrected chi connectivity index (χ1v) is 8.87. The molecule has 7 nitrogen and oxygen atoms in total. The van der Waals surface area contributed by atoms with Crippen molar-refractivity contribution in [3.05, 3.63) is 69.3 Å². The molecule has 2 aromatic carbocycles. The smallest absolute Gasteiger partial charge is 0.339 e. The van der Waals surface area contributed by atoms with E-state index in [1.807, 2.05) is 0 Å². The third kappa shape index (κ3) is 3.01. The Morgan fingerprint density at radius 2 is 2.04 bits per heavy atom. The number of nitrogens with one attached hydrogen (secondary N) is 1. The molecule has 1 aliphatic heterocycles. The summed E-state index contributed by atoms with van der Waals surface area (Å²) in [5, 5.41) is 14.1. The number of esters is 1. The molecule has 0 aliphatic carbocycles. The zero-order chi connectivity index (χ0) is 19.8. The quantitative estimate of drug-likeness (QED) is 0.652. The third-order valence-electron chi connectivity index (χ3n) is 4.07. The van der Waals surface area contributed by atoms with Crippen molar-refractivity contribution in [3.63, 3.8) is 0 Å². The fraction of sp³-hybridized carbons (Fsp3) is 0.0526. The van der Waals surface area contributed by atoms with Crippen molar-refractivity contribution in [1.82, 2.24) is 4.98 Å². The van der Waals surface area contributed by atoms with E-state index in [2.05, 4.69) is 15.3 Å². The molecule has 0 bridgehead atoms. The summed E-state index contributed by atoms with van der Waals surface area (Å²) in [5.41, 5.74) is 0.792. The number of benzene rings is 2. The highest BCUT2D eigenvalue weighted by Crippen LogP contribution is 2.35. The largest absolute Gasteiger partial charge is 0.492 e. The summed E-state index contributed by atoms with van der Waals surface area (Å²) < 4.78 is 18.4. The number of thiazole rings is 1. The number of carbonyl (C=O) groups excluding carboxylic acids is 2. The maximum Gasteiger partial charge on any atom is 0.339 e. The molecule has 0 radical (unpaired) electrons. The van der Waals surface area contributed by atoms with Crippen LogP contribution in [0.2, 0.25) is 0 Å². The van der Waals surface area contributed by atoms with Gasteiger partial charge in [-0.15, -0.1) is 0 Å². The van der Waals surface area contributed by atoms with Crippen LogP contribution in [0.15, 0.2) is 47.5 Å². The van der Waals surface area contributed by atoms with Crippen molar-refractivity contribution in [2.75, 3.05) is 12.4 Å². The van der Waals surface area contributed by atoms with Crippen LogP contribution in [0.4, 0.5) is 15.2 Å². The number of aromatic nitrogens is 1.